The first kappa shape index (κ1) is 15.1. The van der Waals surface area contributed by atoms with Gasteiger partial charge in [-0.2, -0.15) is 4.57 Å². The van der Waals surface area contributed by atoms with Crippen molar-refractivity contribution in [1.82, 2.24) is 5.32 Å². The Labute approximate surface area is 144 Å². The molecule has 2 aliphatic rings. The van der Waals surface area contributed by atoms with Gasteiger partial charge in [-0.05, 0) is 30.7 Å². The van der Waals surface area contributed by atoms with Crippen molar-refractivity contribution in [2.75, 3.05) is 7.05 Å². The molecule has 4 nitrogen and oxygen atoms in total. The first-order valence-corrected chi connectivity index (χ1v) is 8.79. The molecule has 0 fully saturated rings. The number of aryl methyl sites for hydroxylation is 1. The highest BCUT2D eigenvalue weighted by molar-refractivity contribution is 7.19. The number of fused-ring (bicyclic) bond motifs is 2. The van der Waals surface area contributed by atoms with E-state index >= 15 is 0 Å². The van der Waals surface area contributed by atoms with Gasteiger partial charge in [-0.25, -0.2) is 4.79 Å². The maximum atomic E-state index is 12.7. The number of nitrogens with zero attached hydrogens (tertiary/aromatic N) is 1. The van der Waals surface area contributed by atoms with Gasteiger partial charge in [-0.15, -0.1) is 0 Å². The van der Waals surface area contributed by atoms with Gasteiger partial charge in [0.15, 0.2) is 0 Å². The average Bonchev–Trinajstić information content (AvgIpc) is 2.91. The molecular weight excluding hydrogens is 320 g/mol. The molecule has 0 bridgehead atoms. The first-order chi connectivity index (χ1) is 11.6. The van der Waals surface area contributed by atoms with Crippen LogP contribution in [-0.2, 0) is 16.6 Å². The smallest absolute Gasteiger partial charge is 0.346 e. The molecular formula is C19H19N2O2S+. The molecule has 0 spiro atoms. The SMILES string of the molecule is CNC1=CC2OC(=O)C(c3sc4ccccc4[n+]3C)=C(C)C2C=C1. The van der Waals surface area contributed by atoms with Crippen LogP contribution < -0.4 is 9.88 Å². The Morgan fingerprint density at radius 3 is 2.83 bits per heavy atom. The lowest BCUT2D eigenvalue weighted by atomic mass is 9.85. The molecule has 0 saturated carbocycles. The third kappa shape index (κ3) is 2.19. The zero-order valence-corrected chi connectivity index (χ0v) is 14.7. The van der Waals surface area contributed by atoms with Crippen molar-refractivity contribution in [2.24, 2.45) is 13.0 Å². The summed E-state index contributed by atoms with van der Waals surface area (Å²) < 4.78 is 8.99. The van der Waals surface area contributed by atoms with Crippen molar-refractivity contribution in [3.8, 4) is 0 Å². The monoisotopic (exact) mass is 339 g/mol. The van der Waals surface area contributed by atoms with Gasteiger partial charge in [-0.3, -0.25) is 0 Å². The van der Waals surface area contributed by atoms with Gasteiger partial charge in [-0.1, -0.05) is 29.5 Å². The van der Waals surface area contributed by atoms with Gasteiger partial charge >= 0.3 is 5.97 Å². The van der Waals surface area contributed by atoms with Crippen LogP contribution in [0.5, 0.6) is 0 Å². The average molecular weight is 339 g/mol. The summed E-state index contributed by atoms with van der Waals surface area (Å²) >= 11 is 1.63. The predicted molar refractivity (Wildman–Crippen MR) is 95.2 cm³/mol. The fourth-order valence-electron chi connectivity index (χ4n) is 3.41. The summed E-state index contributed by atoms with van der Waals surface area (Å²) in [7, 11) is 3.87. The lowest BCUT2D eigenvalue weighted by Gasteiger charge is -2.31. The zero-order valence-electron chi connectivity index (χ0n) is 13.9. The number of nitrogens with one attached hydrogen (secondary N) is 1. The Morgan fingerprint density at radius 2 is 2.08 bits per heavy atom. The number of carbonyl (C=O) groups excluding carboxylic acids is 1. The second-order valence-corrected chi connectivity index (χ2v) is 7.15. The molecule has 1 aliphatic carbocycles. The van der Waals surface area contributed by atoms with Crippen LogP contribution in [0.1, 0.15) is 11.9 Å². The van der Waals surface area contributed by atoms with Crippen LogP contribution in [0.4, 0.5) is 0 Å². The summed E-state index contributed by atoms with van der Waals surface area (Å²) in [6.07, 6.45) is 5.92. The van der Waals surface area contributed by atoms with Crippen LogP contribution in [0.25, 0.3) is 15.8 Å². The Morgan fingerprint density at radius 1 is 1.29 bits per heavy atom. The number of hydrogen-bond acceptors (Lipinski definition) is 4. The van der Waals surface area contributed by atoms with E-state index in [4.69, 9.17) is 4.74 Å². The minimum atomic E-state index is -0.238. The van der Waals surface area contributed by atoms with Gasteiger partial charge in [0, 0.05) is 24.7 Å². The molecule has 1 aromatic carbocycles. The number of hydrogen-bond donors (Lipinski definition) is 1. The number of para-hydroxylation sites is 1. The van der Waals surface area contributed by atoms with E-state index in [0.717, 1.165) is 21.8 Å². The van der Waals surface area contributed by atoms with E-state index in [0.29, 0.717) is 5.57 Å². The summed E-state index contributed by atoms with van der Waals surface area (Å²) in [5.74, 6) is -0.141. The summed E-state index contributed by atoms with van der Waals surface area (Å²) in [5.41, 5.74) is 3.88. The molecule has 5 heteroatoms. The molecule has 1 N–H and O–H groups in total. The number of ether oxygens (including phenoxy) is 1. The van der Waals surface area contributed by atoms with Crippen LogP contribution in [0.15, 0.2) is 53.8 Å². The van der Waals surface area contributed by atoms with Gasteiger partial charge < -0.3 is 10.1 Å². The van der Waals surface area contributed by atoms with Crippen LogP contribution in [-0.4, -0.2) is 19.1 Å². The number of likely N-dealkylation sites (N-methyl/N-ethyl adjacent to an activating group) is 1. The molecule has 2 unspecified atom stereocenters. The van der Waals surface area contributed by atoms with Crippen molar-refractivity contribution in [3.05, 3.63) is 58.8 Å². The standard InChI is InChI=1S/C19H19N2O2S/c1-11-13-9-8-12(20-2)10-15(13)23-19(22)17(11)18-21(3)14-6-4-5-7-16(14)24-18/h4-10,13,15,20H,1-3H3/q+1. The maximum absolute atomic E-state index is 12.7. The maximum Gasteiger partial charge on any atom is 0.346 e. The van der Waals surface area contributed by atoms with Crippen LogP contribution in [0, 0.1) is 5.92 Å². The van der Waals surface area contributed by atoms with E-state index in [1.54, 1.807) is 11.3 Å². The summed E-state index contributed by atoms with van der Waals surface area (Å²) in [5, 5.41) is 4.05. The number of rotatable bonds is 2. The van der Waals surface area contributed by atoms with Gasteiger partial charge in [0.2, 0.25) is 5.52 Å². The van der Waals surface area contributed by atoms with Crippen molar-refractivity contribution in [3.63, 3.8) is 0 Å². The lowest BCUT2D eigenvalue weighted by molar-refractivity contribution is -0.642. The van der Waals surface area contributed by atoms with Crippen molar-refractivity contribution < 1.29 is 14.1 Å². The molecule has 0 saturated heterocycles. The number of esters is 1. The molecule has 2 heterocycles. The van der Waals surface area contributed by atoms with E-state index in [2.05, 4.69) is 28.1 Å². The third-order valence-electron chi connectivity index (χ3n) is 4.76. The number of carbonyl (C=O) groups is 1. The minimum Gasteiger partial charge on any atom is -0.453 e. The quantitative estimate of drug-likeness (QED) is 0.676. The molecule has 2 atom stereocenters. The molecule has 4 rings (SSSR count). The number of aromatic nitrogens is 1. The van der Waals surface area contributed by atoms with Crippen molar-refractivity contribution in [2.45, 2.75) is 13.0 Å². The van der Waals surface area contributed by atoms with Crippen molar-refractivity contribution in [1.29, 1.82) is 0 Å². The molecule has 1 aromatic heterocycles. The Hall–Kier alpha value is -2.40. The van der Waals surface area contributed by atoms with E-state index in [1.165, 1.54) is 4.70 Å². The number of allylic oxidation sites excluding steroid dienone is 1. The Balaban J connectivity index is 1.85. The van der Waals surface area contributed by atoms with Crippen LogP contribution >= 0.6 is 11.3 Å². The highest BCUT2D eigenvalue weighted by Gasteiger charge is 2.39. The van der Waals surface area contributed by atoms with Crippen LogP contribution in [0.3, 0.4) is 0 Å². The summed E-state index contributed by atoms with van der Waals surface area (Å²) in [6, 6.07) is 8.19. The van der Waals surface area contributed by atoms with E-state index in [1.807, 2.05) is 45.3 Å². The number of benzene rings is 1. The first-order valence-electron chi connectivity index (χ1n) is 7.97. The van der Waals surface area contributed by atoms with Gasteiger partial charge in [0.25, 0.3) is 5.01 Å². The summed E-state index contributed by atoms with van der Waals surface area (Å²) in [4.78, 5) is 12.7. The third-order valence-corrected chi connectivity index (χ3v) is 6.00. The summed E-state index contributed by atoms with van der Waals surface area (Å²) in [6.45, 7) is 2.04. The molecule has 122 valence electrons. The Kier molecular flexibility index (Phi) is 3.53. The van der Waals surface area contributed by atoms with Crippen molar-refractivity contribution >= 4 is 33.1 Å². The Bertz CT molecular complexity index is 936. The fourth-order valence-corrected chi connectivity index (χ4v) is 4.65. The van der Waals surface area contributed by atoms with E-state index < -0.39 is 0 Å². The van der Waals surface area contributed by atoms with Crippen LogP contribution in [0.2, 0.25) is 0 Å². The normalized spacial score (nSPS) is 23.1. The predicted octanol–water partition coefficient (Wildman–Crippen LogP) is 2.71. The fraction of sp³-hybridized carbons (Fsp3) is 0.263. The number of thiazole rings is 1. The second-order valence-electron chi connectivity index (χ2n) is 6.12. The van der Waals surface area contributed by atoms with Gasteiger partial charge in [0.1, 0.15) is 23.4 Å². The molecule has 2 aromatic rings. The lowest BCUT2D eigenvalue weighted by Crippen LogP contribution is -2.38. The molecule has 0 amide bonds. The van der Waals surface area contributed by atoms with E-state index in [9.17, 15) is 4.79 Å². The topological polar surface area (TPSA) is 42.2 Å². The minimum absolute atomic E-state index is 0.0972. The molecule has 1 aliphatic heterocycles. The highest BCUT2D eigenvalue weighted by Crippen LogP contribution is 2.38. The largest absolute Gasteiger partial charge is 0.453 e. The molecule has 0 radical (unpaired) electrons. The highest BCUT2D eigenvalue weighted by atomic mass is 32.1. The van der Waals surface area contributed by atoms with E-state index in [-0.39, 0.29) is 18.0 Å². The molecule has 24 heavy (non-hydrogen) atoms. The zero-order chi connectivity index (χ0) is 16.8. The van der Waals surface area contributed by atoms with Gasteiger partial charge in [0.05, 0.1) is 0 Å². The second kappa shape index (κ2) is 5.60.